The van der Waals surface area contributed by atoms with E-state index in [4.69, 9.17) is 5.73 Å². The number of rotatable bonds is 2. The fraction of sp³-hybridized carbons (Fsp3) is 0.600. The fourth-order valence-electron chi connectivity index (χ4n) is 1.77. The number of nitrogens with zero attached hydrogens (tertiary/aromatic N) is 3. The lowest BCUT2D eigenvalue weighted by Crippen LogP contribution is -2.68. The van der Waals surface area contributed by atoms with E-state index < -0.39 is 0 Å². The fourth-order valence-corrected chi connectivity index (χ4v) is 1.77. The van der Waals surface area contributed by atoms with Crippen LogP contribution in [0, 0.1) is 0 Å². The SMILES string of the molecule is CCC1(N)CN(C(=O)c2cn(C)cn2)C1. The highest BCUT2D eigenvalue weighted by Gasteiger charge is 2.41. The molecule has 0 bridgehead atoms. The molecule has 2 rings (SSSR count). The van der Waals surface area contributed by atoms with E-state index in [9.17, 15) is 4.79 Å². The quantitative estimate of drug-likeness (QED) is 0.743. The van der Waals surface area contributed by atoms with Crippen LogP contribution in [0.4, 0.5) is 0 Å². The van der Waals surface area contributed by atoms with Gasteiger partial charge in [-0.1, -0.05) is 6.92 Å². The van der Waals surface area contributed by atoms with Crippen LogP contribution in [0.15, 0.2) is 12.5 Å². The van der Waals surface area contributed by atoms with Crippen LogP contribution in [-0.2, 0) is 7.05 Å². The molecule has 5 heteroatoms. The summed E-state index contributed by atoms with van der Waals surface area (Å²) in [5, 5.41) is 0. The third-order valence-electron chi connectivity index (χ3n) is 2.93. The van der Waals surface area contributed by atoms with Gasteiger partial charge >= 0.3 is 0 Å². The number of imidazole rings is 1. The number of carbonyl (C=O) groups is 1. The molecule has 0 aliphatic carbocycles. The van der Waals surface area contributed by atoms with Crippen LogP contribution in [0.1, 0.15) is 23.8 Å². The average Bonchev–Trinajstić information content (AvgIpc) is 2.59. The first kappa shape index (κ1) is 10.2. The maximum absolute atomic E-state index is 11.8. The molecular formula is C10H16N4O. The highest BCUT2D eigenvalue weighted by Crippen LogP contribution is 2.22. The zero-order chi connectivity index (χ0) is 11.1. The number of hydrogen-bond acceptors (Lipinski definition) is 3. The van der Waals surface area contributed by atoms with Gasteiger partial charge in [0.15, 0.2) is 0 Å². The average molecular weight is 208 g/mol. The van der Waals surface area contributed by atoms with E-state index in [2.05, 4.69) is 4.98 Å². The van der Waals surface area contributed by atoms with Crippen LogP contribution < -0.4 is 5.73 Å². The Labute approximate surface area is 88.9 Å². The molecule has 1 aliphatic rings. The van der Waals surface area contributed by atoms with Gasteiger partial charge in [0.05, 0.1) is 11.9 Å². The van der Waals surface area contributed by atoms with E-state index in [1.165, 1.54) is 0 Å². The molecule has 0 saturated carbocycles. The molecule has 1 aromatic heterocycles. The molecule has 82 valence electrons. The van der Waals surface area contributed by atoms with Crippen LogP contribution in [0.2, 0.25) is 0 Å². The molecule has 0 unspecified atom stereocenters. The van der Waals surface area contributed by atoms with E-state index in [1.54, 1.807) is 22.0 Å². The molecule has 2 heterocycles. The predicted octanol–water partition coefficient (Wildman–Crippen LogP) is -0.0166. The Morgan fingerprint density at radius 3 is 2.80 bits per heavy atom. The minimum absolute atomic E-state index is 0.0230. The molecule has 5 nitrogen and oxygen atoms in total. The third kappa shape index (κ3) is 1.74. The predicted molar refractivity (Wildman–Crippen MR) is 56.3 cm³/mol. The maximum Gasteiger partial charge on any atom is 0.274 e. The lowest BCUT2D eigenvalue weighted by Gasteiger charge is -2.47. The molecular weight excluding hydrogens is 192 g/mol. The summed E-state index contributed by atoms with van der Waals surface area (Å²) in [6, 6.07) is 0. The summed E-state index contributed by atoms with van der Waals surface area (Å²) < 4.78 is 1.77. The number of carbonyl (C=O) groups excluding carboxylic acids is 1. The van der Waals surface area contributed by atoms with Crippen molar-refractivity contribution < 1.29 is 4.79 Å². The zero-order valence-electron chi connectivity index (χ0n) is 9.10. The second-order valence-electron chi connectivity index (χ2n) is 4.30. The van der Waals surface area contributed by atoms with Crippen molar-refractivity contribution in [2.24, 2.45) is 12.8 Å². The Kier molecular flexibility index (Phi) is 2.26. The topological polar surface area (TPSA) is 64.2 Å². The van der Waals surface area contributed by atoms with Crippen LogP contribution in [0.3, 0.4) is 0 Å². The summed E-state index contributed by atoms with van der Waals surface area (Å²) >= 11 is 0. The first-order valence-corrected chi connectivity index (χ1v) is 5.10. The number of likely N-dealkylation sites (tertiary alicyclic amines) is 1. The molecule has 1 amide bonds. The summed E-state index contributed by atoms with van der Waals surface area (Å²) in [7, 11) is 1.85. The van der Waals surface area contributed by atoms with Crippen LogP contribution >= 0.6 is 0 Å². The van der Waals surface area contributed by atoms with E-state index in [0.717, 1.165) is 6.42 Å². The van der Waals surface area contributed by atoms with Crippen molar-refractivity contribution >= 4 is 5.91 Å². The van der Waals surface area contributed by atoms with Crippen molar-refractivity contribution in [2.45, 2.75) is 18.9 Å². The summed E-state index contributed by atoms with van der Waals surface area (Å²) in [4.78, 5) is 17.6. The van der Waals surface area contributed by atoms with E-state index in [1.807, 2.05) is 14.0 Å². The van der Waals surface area contributed by atoms with Crippen molar-refractivity contribution in [1.82, 2.24) is 14.5 Å². The summed E-state index contributed by atoms with van der Waals surface area (Å²) in [5.74, 6) is -0.0230. The molecule has 0 aromatic carbocycles. The Morgan fingerprint density at radius 2 is 2.33 bits per heavy atom. The van der Waals surface area contributed by atoms with Gasteiger partial charge < -0.3 is 15.2 Å². The van der Waals surface area contributed by atoms with Crippen molar-refractivity contribution in [3.05, 3.63) is 18.2 Å². The molecule has 1 aromatic rings. The van der Waals surface area contributed by atoms with E-state index >= 15 is 0 Å². The molecule has 1 saturated heterocycles. The van der Waals surface area contributed by atoms with Gasteiger partial charge in [0.1, 0.15) is 5.69 Å². The normalized spacial score (nSPS) is 18.7. The highest BCUT2D eigenvalue weighted by atomic mass is 16.2. The van der Waals surface area contributed by atoms with Crippen molar-refractivity contribution in [1.29, 1.82) is 0 Å². The van der Waals surface area contributed by atoms with Crippen LogP contribution in [0.5, 0.6) is 0 Å². The number of hydrogen-bond donors (Lipinski definition) is 1. The third-order valence-corrected chi connectivity index (χ3v) is 2.93. The zero-order valence-corrected chi connectivity index (χ0v) is 9.10. The Morgan fingerprint density at radius 1 is 1.67 bits per heavy atom. The summed E-state index contributed by atoms with van der Waals surface area (Å²) in [5.41, 5.74) is 6.31. The van der Waals surface area contributed by atoms with Crippen LogP contribution in [0.25, 0.3) is 0 Å². The van der Waals surface area contributed by atoms with Gasteiger partial charge in [-0.15, -0.1) is 0 Å². The number of aromatic nitrogens is 2. The summed E-state index contributed by atoms with van der Waals surface area (Å²) in [6.07, 6.45) is 4.26. The van der Waals surface area contributed by atoms with Crippen molar-refractivity contribution in [3.63, 3.8) is 0 Å². The van der Waals surface area contributed by atoms with Gasteiger partial charge in [-0.3, -0.25) is 4.79 Å². The summed E-state index contributed by atoms with van der Waals surface area (Å²) in [6.45, 7) is 3.32. The van der Waals surface area contributed by atoms with E-state index in [-0.39, 0.29) is 11.4 Å². The van der Waals surface area contributed by atoms with Crippen molar-refractivity contribution in [3.8, 4) is 0 Å². The molecule has 0 radical (unpaired) electrons. The van der Waals surface area contributed by atoms with Gasteiger partial charge in [-0.2, -0.15) is 0 Å². The smallest absolute Gasteiger partial charge is 0.274 e. The van der Waals surface area contributed by atoms with E-state index in [0.29, 0.717) is 18.8 Å². The minimum atomic E-state index is -0.176. The molecule has 1 aliphatic heterocycles. The highest BCUT2D eigenvalue weighted by molar-refractivity contribution is 5.92. The van der Waals surface area contributed by atoms with Crippen LogP contribution in [-0.4, -0.2) is 39.0 Å². The number of amides is 1. The maximum atomic E-state index is 11.8. The monoisotopic (exact) mass is 208 g/mol. The second-order valence-corrected chi connectivity index (χ2v) is 4.30. The first-order valence-electron chi connectivity index (χ1n) is 5.10. The minimum Gasteiger partial charge on any atom is -0.340 e. The van der Waals surface area contributed by atoms with Gasteiger partial charge in [0.25, 0.3) is 5.91 Å². The lowest BCUT2D eigenvalue weighted by molar-refractivity contribution is 0.0396. The van der Waals surface area contributed by atoms with Gasteiger partial charge in [0, 0.05) is 26.3 Å². The standard InChI is InChI=1S/C10H16N4O/c1-3-10(11)5-14(6-10)9(15)8-4-13(2)7-12-8/h4,7H,3,5-6,11H2,1-2H3. The molecule has 15 heavy (non-hydrogen) atoms. The molecule has 1 fully saturated rings. The van der Waals surface area contributed by atoms with Gasteiger partial charge in [-0.25, -0.2) is 4.98 Å². The Bertz CT molecular complexity index is 379. The number of nitrogens with two attached hydrogens (primary N) is 1. The van der Waals surface area contributed by atoms with Gasteiger partial charge in [-0.05, 0) is 6.42 Å². The largest absolute Gasteiger partial charge is 0.340 e. The lowest BCUT2D eigenvalue weighted by atomic mass is 9.88. The molecule has 0 spiro atoms. The Hall–Kier alpha value is -1.36. The van der Waals surface area contributed by atoms with Crippen molar-refractivity contribution in [2.75, 3.05) is 13.1 Å². The second kappa shape index (κ2) is 3.34. The molecule has 2 N–H and O–H groups in total. The van der Waals surface area contributed by atoms with Gasteiger partial charge in [0.2, 0.25) is 0 Å². The Balaban J connectivity index is 2.00. The first-order chi connectivity index (χ1) is 7.04. The number of aryl methyl sites for hydroxylation is 1. The molecule has 0 atom stereocenters.